The summed E-state index contributed by atoms with van der Waals surface area (Å²) in [4.78, 5) is 19.8. The molecule has 6 heteroatoms. The predicted molar refractivity (Wildman–Crippen MR) is 75.1 cm³/mol. The molecule has 3 rings (SSSR count). The number of rotatable bonds is 3. The Morgan fingerprint density at radius 1 is 1.33 bits per heavy atom. The summed E-state index contributed by atoms with van der Waals surface area (Å²) < 4.78 is 1.68. The Morgan fingerprint density at radius 3 is 2.90 bits per heavy atom. The van der Waals surface area contributed by atoms with Gasteiger partial charge in [0.15, 0.2) is 0 Å². The summed E-state index contributed by atoms with van der Waals surface area (Å²) in [7, 11) is 0. The second-order valence-corrected chi connectivity index (χ2v) is 4.39. The zero-order valence-electron chi connectivity index (χ0n) is 10.9. The Labute approximate surface area is 119 Å². The number of benzene rings is 1. The van der Waals surface area contributed by atoms with Crippen LogP contribution in [0.4, 0.5) is 0 Å². The third-order valence-corrected chi connectivity index (χ3v) is 3.14. The second kappa shape index (κ2) is 5.06. The van der Waals surface area contributed by atoms with Gasteiger partial charge >= 0.3 is 5.97 Å². The summed E-state index contributed by atoms with van der Waals surface area (Å²) in [6.07, 6.45) is 2.98. The fourth-order valence-corrected chi connectivity index (χ4v) is 2.28. The van der Waals surface area contributed by atoms with E-state index in [2.05, 4.69) is 16.0 Å². The maximum Gasteiger partial charge on any atom is 0.337 e. The van der Waals surface area contributed by atoms with Crippen molar-refractivity contribution in [1.29, 1.82) is 5.26 Å². The number of fused-ring (bicyclic) bond motifs is 1. The summed E-state index contributed by atoms with van der Waals surface area (Å²) in [5.41, 5.74) is 1.98. The molecule has 0 radical (unpaired) electrons. The number of carboxylic acids is 1. The second-order valence-electron chi connectivity index (χ2n) is 4.39. The molecule has 0 fully saturated rings. The monoisotopic (exact) mass is 278 g/mol. The summed E-state index contributed by atoms with van der Waals surface area (Å²) >= 11 is 0. The number of nitrogens with zero attached hydrogens (tertiary/aromatic N) is 4. The molecular formula is C15H10N4O2. The average molecular weight is 278 g/mol. The number of pyridine rings is 1. The van der Waals surface area contributed by atoms with Crippen LogP contribution in [0.25, 0.3) is 16.7 Å². The molecule has 21 heavy (non-hydrogen) atoms. The molecule has 0 aliphatic rings. The Hall–Kier alpha value is -3.20. The van der Waals surface area contributed by atoms with E-state index < -0.39 is 5.97 Å². The van der Waals surface area contributed by atoms with Crippen molar-refractivity contribution in [3.63, 3.8) is 0 Å². The van der Waals surface area contributed by atoms with Crippen molar-refractivity contribution in [2.24, 2.45) is 0 Å². The van der Waals surface area contributed by atoms with Gasteiger partial charge in [0.05, 0.1) is 41.0 Å². The number of aromatic carboxylic acids is 1. The van der Waals surface area contributed by atoms with E-state index in [0.717, 1.165) is 5.52 Å². The number of carbonyl (C=O) groups is 1. The van der Waals surface area contributed by atoms with Crippen LogP contribution in [0.1, 0.15) is 16.2 Å². The van der Waals surface area contributed by atoms with E-state index in [4.69, 9.17) is 5.26 Å². The van der Waals surface area contributed by atoms with Gasteiger partial charge in [-0.3, -0.25) is 9.55 Å². The molecule has 3 aromatic rings. The van der Waals surface area contributed by atoms with Crippen molar-refractivity contribution < 1.29 is 9.90 Å². The van der Waals surface area contributed by atoms with Crippen LogP contribution in [0.5, 0.6) is 0 Å². The maximum atomic E-state index is 11.4. The number of aromatic nitrogens is 3. The molecule has 0 aliphatic heterocycles. The van der Waals surface area contributed by atoms with E-state index in [1.165, 1.54) is 18.5 Å². The summed E-state index contributed by atoms with van der Waals surface area (Å²) in [5.74, 6) is -0.553. The van der Waals surface area contributed by atoms with Gasteiger partial charge in [-0.15, -0.1) is 0 Å². The van der Waals surface area contributed by atoms with Crippen molar-refractivity contribution in [2.75, 3.05) is 0 Å². The lowest BCUT2D eigenvalue weighted by atomic mass is 10.2. The molecular weight excluding hydrogens is 268 g/mol. The van der Waals surface area contributed by atoms with Crippen molar-refractivity contribution in [2.45, 2.75) is 6.42 Å². The molecule has 0 amide bonds. The lowest BCUT2D eigenvalue weighted by Crippen LogP contribution is -2.08. The molecule has 1 aromatic carbocycles. The molecule has 2 heterocycles. The van der Waals surface area contributed by atoms with Crippen LogP contribution in [0.3, 0.4) is 0 Å². The van der Waals surface area contributed by atoms with Gasteiger partial charge in [-0.05, 0) is 18.2 Å². The van der Waals surface area contributed by atoms with Gasteiger partial charge in [0, 0.05) is 6.20 Å². The Morgan fingerprint density at radius 2 is 2.14 bits per heavy atom. The van der Waals surface area contributed by atoms with Crippen LogP contribution in [0.2, 0.25) is 0 Å². The van der Waals surface area contributed by atoms with Crippen LogP contribution in [-0.2, 0) is 6.42 Å². The largest absolute Gasteiger partial charge is 0.478 e. The number of para-hydroxylation sites is 2. The van der Waals surface area contributed by atoms with Gasteiger partial charge in [0.2, 0.25) is 0 Å². The third-order valence-electron chi connectivity index (χ3n) is 3.14. The fourth-order valence-electron chi connectivity index (χ4n) is 2.28. The van der Waals surface area contributed by atoms with Gasteiger partial charge < -0.3 is 5.11 Å². The molecule has 102 valence electrons. The van der Waals surface area contributed by atoms with Crippen LogP contribution in [-0.4, -0.2) is 25.6 Å². The van der Waals surface area contributed by atoms with Crippen molar-refractivity contribution in [3.8, 4) is 11.8 Å². The van der Waals surface area contributed by atoms with Crippen molar-refractivity contribution in [3.05, 3.63) is 54.1 Å². The van der Waals surface area contributed by atoms with Gasteiger partial charge in [-0.2, -0.15) is 5.26 Å². The zero-order chi connectivity index (χ0) is 14.8. The Balaban J connectivity index is 2.37. The molecule has 6 nitrogen and oxygen atoms in total. The van der Waals surface area contributed by atoms with E-state index >= 15 is 0 Å². The quantitative estimate of drug-likeness (QED) is 0.792. The van der Waals surface area contributed by atoms with Gasteiger partial charge in [-0.1, -0.05) is 12.1 Å². The number of carboxylic acid groups (broad SMARTS) is 1. The van der Waals surface area contributed by atoms with Crippen LogP contribution in [0.15, 0.2) is 42.7 Å². The smallest absolute Gasteiger partial charge is 0.337 e. The van der Waals surface area contributed by atoms with Gasteiger partial charge in [-0.25, -0.2) is 9.78 Å². The first-order valence-electron chi connectivity index (χ1n) is 6.23. The standard InChI is InChI=1S/C15H10N4O2/c16-7-5-14-18-11-3-1-2-4-12(11)19(14)13-9-17-8-6-10(13)15(20)21/h1-4,6,8-9H,5H2,(H,20,21). The molecule has 2 aromatic heterocycles. The molecule has 1 N–H and O–H groups in total. The molecule has 0 bridgehead atoms. The molecule has 0 saturated heterocycles. The van der Waals surface area contributed by atoms with Crippen molar-refractivity contribution in [1.82, 2.24) is 14.5 Å². The molecule has 0 spiro atoms. The van der Waals surface area contributed by atoms with Crippen LogP contribution in [0, 0.1) is 11.3 Å². The minimum atomic E-state index is -1.05. The summed E-state index contributed by atoms with van der Waals surface area (Å²) in [6.45, 7) is 0. The van der Waals surface area contributed by atoms with Crippen LogP contribution < -0.4 is 0 Å². The molecule has 0 saturated carbocycles. The maximum absolute atomic E-state index is 11.4. The first-order valence-corrected chi connectivity index (χ1v) is 6.23. The van der Waals surface area contributed by atoms with Gasteiger partial charge in [0.25, 0.3) is 0 Å². The third kappa shape index (κ3) is 2.11. The first kappa shape index (κ1) is 12.8. The van der Waals surface area contributed by atoms with E-state index in [1.807, 2.05) is 24.3 Å². The zero-order valence-corrected chi connectivity index (χ0v) is 10.9. The lowest BCUT2D eigenvalue weighted by molar-refractivity contribution is 0.0697. The number of hydrogen-bond acceptors (Lipinski definition) is 4. The first-order chi connectivity index (χ1) is 10.2. The Bertz CT molecular complexity index is 877. The Kier molecular flexibility index (Phi) is 3.09. The number of imidazole rings is 1. The van der Waals surface area contributed by atoms with E-state index in [-0.39, 0.29) is 12.0 Å². The topological polar surface area (TPSA) is 91.8 Å². The molecule has 0 atom stereocenters. The SMILES string of the molecule is N#CCc1nc2ccccc2n1-c1cnccc1C(=O)O. The summed E-state index contributed by atoms with van der Waals surface area (Å²) in [6, 6.07) is 10.8. The minimum absolute atomic E-state index is 0.0859. The average Bonchev–Trinajstić information content (AvgIpc) is 2.85. The predicted octanol–water partition coefficient (Wildman–Crippen LogP) is 2.18. The van der Waals surface area contributed by atoms with Gasteiger partial charge in [0.1, 0.15) is 5.82 Å². The fraction of sp³-hybridized carbons (Fsp3) is 0.0667. The van der Waals surface area contributed by atoms with E-state index in [1.54, 1.807) is 4.57 Å². The highest BCUT2D eigenvalue weighted by molar-refractivity contribution is 5.93. The molecule has 0 aliphatic carbocycles. The van der Waals surface area contributed by atoms with E-state index in [0.29, 0.717) is 17.0 Å². The number of nitriles is 1. The van der Waals surface area contributed by atoms with Crippen LogP contribution >= 0.6 is 0 Å². The van der Waals surface area contributed by atoms with E-state index in [9.17, 15) is 9.90 Å². The highest BCUT2D eigenvalue weighted by atomic mass is 16.4. The minimum Gasteiger partial charge on any atom is -0.478 e. The normalized spacial score (nSPS) is 10.4. The lowest BCUT2D eigenvalue weighted by Gasteiger charge is -2.10. The summed E-state index contributed by atoms with van der Waals surface area (Å²) in [5, 5.41) is 18.3. The van der Waals surface area contributed by atoms with Crippen molar-refractivity contribution >= 4 is 17.0 Å². The highest BCUT2D eigenvalue weighted by Gasteiger charge is 2.17. The molecule has 0 unspecified atom stereocenters. The number of hydrogen-bond donors (Lipinski definition) is 1. The highest BCUT2D eigenvalue weighted by Crippen LogP contribution is 2.23.